The maximum absolute atomic E-state index is 12.3. The average molecular weight is 336 g/mol. The van der Waals surface area contributed by atoms with E-state index in [0.29, 0.717) is 5.39 Å². The lowest BCUT2D eigenvalue weighted by Crippen LogP contribution is -2.16. The molecule has 0 aliphatic heterocycles. The van der Waals surface area contributed by atoms with Crippen molar-refractivity contribution in [3.63, 3.8) is 0 Å². The van der Waals surface area contributed by atoms with Crippen molar-refractivity contribution in [1.29, 1.82) is 0 Å². The van der Waals surface area contributed by atoms with Crippen LogP contribution in [0.2, 0.25) is 0 Å². The first-order valence-corrected chi connectivity index (χ1v) is 8.31. The van der Waals surface area contributed by atoms with Crippen molar-refractivity contribution < 1.29 is 4.74 Å². The van der Waals surface area contributed by atoms with Crippen LogP contribution < -0.4 is 10.3 Å². The largest absolute Gasteiger partial charge is 0.496 e. The second kappa shape index (κ2) is 7.79. The van der Waals surface area contributed by atoms with Gasteiger partial charge in [0.2, 0.25) is 0 Å². The highest BCUT2D eigenvalue weighted by atomic mass is 16.5. The summed E-state index contributed by atoms with van der Waals surface area (Å²) in [6.45, 7) is 9.87. The first-order valence-electron chi connectivity index (χ1n) is 8.31. The summed E-state index contributed by atoms with van der Waals surface area (Å²) in [5.74, 6) is 0.769. The fraction of sp³-hybridized carbons (Fsp3) is 0.238. The van der Waals surface area contributed by atoms with Crippen molar-refractivity contribution in [2.24, 2.45) is 7.05 Å². The molecule has 0 amide bonds. The lowest BCUT2D eigenvalue weighted by atomic mass is 9.97. The molecule has 0 bridgehead atoms. The smallest absolute Gasteiger partial charge is 0.259 e. The van der Waals surface area contributed by atoms with Gasteiger partial charge in [0, 0.05) is 36.8 Å². The Morgan fingerprint density at radius 3 is 2.60 bits per heavy atom. The van der Waals surface area contributed by atoms with Gasteiger partial charge in [-0.3, -0.25) is 9.78 Å². The summed E-state index contributed by atoms with van der Waals surface area (Å²) >= 11 is 0. The van der Waals surface area contributed by atoms with Gasteiger partial charge in [-0.1, -0.05) is 32.6 Å². The van der Waals surface area contributed by atoms with Gasteiger partial charge in [0.1, 0.15) is 5.75 Å². The number of benzene rings is 1. The molecule has 2 aromatic heterocycles. The predicted octanol–water partition coefficient (Wildman–Crippen LogP) is 4.59. The van der Waals surface area contributed by atoms with Gasteiger partial charge in [0.05, 0.1) is 12.5 Å². The number of aryl methyl sites for hydroxylation is 2. The van der Waals surface area contributed by atoms with E-state index in [9.17, 15) is 4.79 Å². The van der Waals surface area contributed by atoms with E-state index in [1.165, 1.54) is 0 Å². The Balaban J connectivity index is 0.00000109. The summed E-state index contributed by atoms with van der Waals surface area (Å²) in [6.07, 6.45) is 6.96. The predicted molar refractivity (Wildman–Crippen MR) is 105 cm³/mol. The standard InChI is InChI=1S/C19H18N2O2.C2H6/c1-5-14-12(2)8-13(9-18(14)23-4)17-11-21(3)19(22)16-10-20-7-6-15(16)17;1-2/h5-11H,1H2,2-4H3;1-2H3. The second-order valence-electron chi connectivity index (χ2n) is 5.49. The van der Waals surface area contributed by atoms with E-state index in [4.69, 9.17) is 4.74 Å². The number of hydrogen-bond acceptors (Lipinski definition) is 3. The van der Waals surface area contributed by atoms with E-state index in [1.807, 2.05) is 39.1 Å². The minimum atomic E-state index is -0.0525. The third-order valence-corrected chi connectivity index (χ3v) is 4.07. The molecule has 4 nitrogen and oxygen atoms in total. The van der Waals surface area contributed by atoms with Gasteiger partial charge < -0.3 is 9.30 Å². The van der Waals surface area contributed by atoms with E-state index >= 15 is 0 Å². The number of ether oxygens (including phenoxy) is 1. The minimum Gasteiger partial charge on any atom is -0.496 e. The number of aromatic nitrogens is 2. The molecule has 0 atom stereocenters. The van der Waals surface area contributed by atoms with E-state index in [0.717, 1.165) is 33.4 Å². The highest BCUT2D eigenvalue weighted by molar-refractivity contribution is 5.95. The molecule has 0 unspecified atom stereocenters. The Bertz CT molecular complexity index is 972. The molecule has 3 rings (SSSR count). The number of rotatable bonds is 3. The lowest BCUT2D eigenvalue weighted by Gasteiger charge is -2.14. The van der Waals surface area contributed by atoms with Crippen molar-refractivity contribution in [2.45, 2.75) is 20.8 Å². The number of fused-ring (bicyclic) bond motifs is 1. The number of methoxy groups -OCH3 is 1. The molecule has 0 N–H and O–H groups in total. The fourth-order valence-electron chi connectivity index (χ4n) is 2.89. The third-order valence-electron chi connectivity index (χ3n) is 4.07. The van der Waals surface area contributed by atoms with Gasteiger partial charge in [-0.25, -0.2) is 0 Å². The molecule has 0 aliphatic carbocycles. The summed E-state index contributed by atoms with van der Waals surface area (Å²) < 4.78 is 7.08. The van der Waals surface area contributed by atoms with Crippen LogP contribution in [0.4, 0.5) is 0 Å². The summed E-state index contributed by atoms with van der Waals surface area (Å²) in [5, 5.41) is 1.49. The van der Waals surface area contributed by atoms with Crippen LogP contribution in [0.25, 0.3) is 28.0 Å². The minimum absolute atomic E-state index is 0.0525. The van der Waals surface area contributed by atoms with Crippen LogP contribution in [0.3, 0.4) is 0 Å². The highest BCUT2D eigenvalue weighted by Crippen LogP contribution is 2.33. The van der Waals surface area contributed by atoms with E-state index in [-0.39, 0.29) is 5.56 Å². The molecule has 0 fully saturated rings. The van der Waals surface area contributed by atoms with Crippen molar-refractivity contribution in [1.82, 2.24) is 9.55 Å². The zero-order valence-electron chi connectivity index (χ0n) is 15.5. The molecule has 130 valence electrons. The summed E-state index contributed by atoms with van der Waals surface area (Å²) in [7, 11) is 3.40. The van der Waals surface area contributed by atoms with Crippen LogP contribution in [-0.4, -0.2) is 16.7 Å². The topological polar surface area (TPSA) is 44.1 Å². The first-order chi connectivity index (χ1) is 12.1. The maximum atomic E-state index is 12.3. The number of pyridine rings is 2. The van der Waals surface area contributed by atoms with Crippen LogP contribution in [0.5, 0.6) is 5.75 Å². The lowest BCUT2D eigenvalue weighted by molar-refractivity contribution is 0.413. The van der Waals surface area contributed by atoms with Gasteiger partial charge in [-0.2, -0.15) is 0 Å². The van der Waals surface area contributed by atoms with Crippen LogP contribution in [0.15, 0.2) is 48.2 Å². The Labute approximate surface area is 148 Å². The maximum Gasteiger partial charge on any atom is 0.259 e. The molecule has 25 heavy (non-hydrogen) atoms. The van der Waals surface area contributed by atoms with Crippen molar-refractivity contribution >= 4 is 16.8 Å². The van der Waals surface area contributed by atoms with Crippen LogP contribution in [-0.2, 0) is 7.05 Å². The Hall–Kier alpha value is -2.88. The van der Waals surface area contributed by atoms with E-state index in [2.05, 4.69) is 17.6 Å². The molecule has 2 heterocycles. The van der Waals surface area contributed by atoms with Gasteiger partial charge >= 0.3 is 0 Å². The van der Waals surface area contributed by atoms with Gasteiger partial charge in [0.15, 0.2) is 0 Å². The molecule has 0 spiro atoms. The molecular formula is C21H24N2O2. The molecule has 0 saturated heterocycles. The Kier molecular flexibility index (Phi) is 5.75. The summed E-state index contributed by atoms with van der Waals surface area (Å²) in [6, 6.07) is 5.93. The monoisotopic (exact) mass is 336 g/mol. The molecule has 0 saturated carbocycles. The van der Waals surface area contributed by atoms with Crippen molar-refractivity contribution in [3.8, 4) is 16.9 Å². The van der Waals surface area contributed by atoms with Crippen LogP contribution in [0.1, 0.15) is 25.0 Å². The van der Waals surface area contributed by atoms with Gasteiger partial charge in [0.25, 0.3) is 5.56 Å². The summed E-state index contributed by atoms with van der Waals surface area (Å²) in [4.78, 5) is 16.4. The molecule has 1 aromatic carbocycles. The quantitative estimate of drug-likeness (QED) is 0.703. The molecule has 3 aromatic rings. The zero-order valence-corrected chi connectivity index (χ0v) is 15.5. The zero-order chi connectivity index (χ0) is 18.6. The number of nitrogens with zero attached hydrogens (tertiary/aromatic N) is 2. The fourth-order valence-corrected chi connectivity index (χ4v) is 2.89. The van der Waals surface area contributed by atoms with E-state index < -0.39 is 0 Å². The third kappa shape index (κ3) is 3.33. The molecule has 4 heteroatoms. The molecule has 0 aliphatic rings. The van der Waals surface area contributed by atoms with Crippen LogP contribution >= 0.6 is 0 Å². The second-order valence-corrected chi connectivity index (χ2v) is 5.49. The molecular weight excluding hydrogens is 312 g/mol. The Morgan fingerprint density at radius 2 is 1.96 bits per heavy atom. The first kappa shape index (κ1) is 18.5. The van der Waals surface area contributed by atoms with Gasteiger partial charge in [-0.05, 0) is 35.6 Å². The SMILES string of the molecule is C=Cc1c(C)cc(-c2cn(C)c(=O)c3cnccc23)cc1OC.CC. The Morgan fingerprint density at radius 1 is 1.24 bits per heavy atom. The average Bonchev–Trinajstić information content (AvgIpc) is 2.65. The van der Waals surface area contributed by atoms with Crippen molar-refractivity contribution in [2.75, 3.05) is 7.11 Å². The highest BCUT2D eigenvalue weighted by Gasteiger charge is 2.12. The molecule has 0 radical (unpaired) electrons. The van der Waals surface area contributed by atoms with E-state index in [1.54, 1.807) is 37.2 Å². The van der Waals surface area contributed by atoms with Gasteiger partial charge in [-0.15, -0.1) is 0 Å². The summed E-state index contributed by atoms with van der Waals surface area (Å²) in [5.41, 5.74) is 3.97. The van der Waals surface area contributed by atoms with Crippen LogP contribution in [0, 0.1) is 6.92 Å². The van der Waals surface area contributed by atoms with Crippen molar-refractivity contribution in [3.05, 3.63) is 64.8 Å². The normalized spacial score (nSPS) is 10.1. The number of hydrogen-bond donors (Lipinski definition) is 0.